The number of ketones is 1. The first-order valence-electron chi connectivity index (χ1n) is 10.6. The number of thiophene rings is 1. The molecule has 0 fully saturated rings. The molecule has 1 aromatic carbocycles. The smallest absolute Gasteiger partial charge is 0.336 e. The van der Waals surface area contributed by atoms with Gasteiger partial charge in [0.1, 0.15) is 0 Å². The molecule has 0 radical (unpaired) electrons. The average Bonchev–Trinajstić information content (AvgIpc) is 3.31. The number of rotatable bonds is 6. The minimum Gasteiger partial charge on any atom is -0.462 e. The number of carbonyl (C=O) groups excluding carboxylic acids is 2. The Kier molecular flexibility index (Phi) is 6.23. The van der Waals surface area contributed by atoms with E-state index in [0.29, 0.717) is 41.7 Å². The van der Waals surface area contributed by atoms with Gasteiger partial charge < -0.3 is 10.1 Å². The van der Waals surface area contributed by atoms with Crippen LogP contribution in [0.4, 0.5) is 5.69 Å². The lowest BCUT2D eigenvalue weighted by atomic mass is 9.72. The molecule has 0 saturated carbocycles. The van der Waals surface area contributed by atoms with Gasteiger partial charge in [0.05, 0.1) is 17.1 Å². The normalized spacial score (nSPS) is 20.6. The van der Waals surface area contributed by atoms with Gasteiger partial charge in [-0.2, -0.15) is 0 Å². The molecule has 4 rings (SSSR count). The number of ether oxygens (including phenoxy) is 1. The van der Waals surface area contributed by atoms with Gasteiger partial charge in [-0.1, -0.05) is 25.1 Å². The highest BCUT2D eigenvalue weighted by Gasteiger charge is 2.41. The first kappa shape index (κ1) is 22.0. The van der Waals surface area contributed by atoms with Crippen LogP contribution in [0.1, 0.15) is 55.4 Å². The Morgan fingerprint density at radius 1 is 1.28 bits per heavy atom. The van der Waals surface area contributed by atoms with Crippen molar-refractivity contribution in [2.75, 3.05) is 6.61 Å². The largest absolute Gasteiger partial charge is 0.462 e. The van der Waals surface area contributed by atoms with Crippen LogP contribution in [0.2, 0.25) is 0 Å². The van der Waals surface area contributed by atoms with E-state index in [1.807, 2.05) is 24.4 Å². The van der Waals surface area contributed by atoms with Crippen LogP contribution < -0.4 is 5.32 Å². The molecule has 2 heterocycles. The van der Waals surface area contributed by atoms with Gasteiger partial charge in [0.2, 0.25) is 0 Å². The fourth-order valence-electron chi connectivity index (χ4n) is 4.46. The highest BCUT2D eigenvalue weighted by Crippen LogP contribution is 2.46. The molecule has 2 aromatic rings. The molecule has 1 N–H and O–H groups in total. The Labute approximate surface area is 189 Å². The number of nitrogens with zero attached hydrogens (tertiary/aromatic N) is 1. The summed E-state index contributed by atoms with van der Waals surface area (Å²) in [5.74, 6) is -1.19. The lowest BCUT2D eigenvalue weighted by molar-refractivity contribution is -0.384. The molecule has 0 bridgehead atoms. The van der Waals surface area contributed by atoms with E-state index in [1.165, 1.54) is 12.1 Å². The minimum absolute atomic E-state index is 0.0538. The Morgan fingerprint density at radius 2 is 2.09 bits per heavy atom. The van der Waals surface area contributed by atoms with Gasteiger partial charge in [-0.15, -0.1) is 11.3 Å². The van der Waals surface area contributed by atoms with Crippen molar-refractivity contribution in [2.24, 2.45) is 0 Å². The number of allylic oxidation sites excluding steroid dienone is 3. The van der Waals surface area contributed by atoms with Crippen LogP contribution in [0, 0.1) is 10.1 Å². The van der Waals surface area contributed by atoms with Crippen molar-refractivity contribution in [2.45, 2.75) is 44.9 Å². The Hall–Kier alpha value is -3.26. The summed E-state index contributed by atoms with van der Waals surface area (Å²) in [6, 6.07) is 10.2. The summed E-state index contributed by atoms with van der Waals surface area (Å²) in [7, 11) is 0. The number of esters is 1. The lowest BCUT2D eigenvalue weighted by Gasteiger charge is -2.36. The van der Waals surface area contributed by atoms with E-state index in [-0.39, 0.29) is 24.0 Å². The zero-order chi connectivity index (χ0) is 22.8. The molecule has 2 aliphatic rings. The molecule has 8 heteroatoms. The van der Waals surface area contributed by atoms with Crippen LogP contribution in [0.5, 0.6) is 0 Å². The molecular weight excluding hydrogens is 428 g/mol. The maximum absolute atomic E-state index is 13.4. The summed E-state index contributed by atoms with van der Waals surface area (Å²) in [6.45, 7) is 3.95. The van der Waals surface area contributed by atoms with Gasteiger partial charge >= 0.3 is 5.97 Å². The molecular formula is C24H24N2O5S. The Bertz CT molecular complexity index is 1130. The molecule has 0 unspecified atom stereocenters. The second-order valence-corrected chi connectivity index (χ2v) is 9.00. The molecule has 0 amide bonds. The summed E-state index contributed by atoms with van der Waals surface area (Å²) >= 11 is 1.62. The minimum atomic E-state index is -0.702. The van der Waals surface area contributed by atoms with Gasteiger partial charge in [-0.3, -0.25) is 14.9 Å². The van der Waals surface area contributed by atoms with E-state index in [9.17, 15) is 19.7 Å². The number of carbonyl (C=O) groups is 2. The molecule has 166 valence electrons. The van der Waals surface area contributed by atoms with E-state index in [2.05, 4.69) is 5.32 Å². The van der Waals surface area contributed by atoms with Crippen LogP contribution in [0.25, 0.3) is 0 Å². The van der Waals surface area contributed by atoms with Gasteiger partial charge in [-0.25, -0.2) is 4.79 Å². The quantitative estimate of drug-likeness (QED) is 0.377. The molecule has 7 nitrogen and oxygen atoms in total. The summed E-state index contributed by atoms with van der Waals surface area (Å²) < 4.78 is 5.42. The molecule has 0 saturated heterocycles. The fraction of sp³-hybridized carbons (Fsp3) is 0.333. The Balaban J connectivity index is 1.82. The monoisotopic (exact) mass is 452 g/mol. The van der Waals surface area contributed by atoms with Gasteiger partial charge in [0, 0.05) is 52.2 Å². The predicted molar refractivity (Wildman–Crippen MR) is 121 cm³/mol. The topological polar surface area (TPSA) is 98.5 Å². The maximum Gasteiger partial charge on any atom is 0.336 e. The molecule has 1 aliphatic carbocycles. The number of hydrogen-bond acceptors (Lipinski definition) is 7. The van der Waals surface area contributed by atoms with E-state index < -0.39 is 16.8 Å². The van der Waals surface area contributed by atoms with Crippen molar-refractivity contribution in [1.29, 1.82) is 0 Å². The number of hydrogen-bond donors (Lipinski definition) is 1. The number of nitro groups is 1. The standard InChI is InChI=1S/C24H24N2O5S/c1-3-9-31-24(28)21-14(2)25-18-12-16(20-8-5-10-32-20)13-19(27)23(18)22(21)15-6-4-7-17(11-15)26(29)30/h4-8,10-11,16,22,25H,3,9,12-13H2,1-2H3/t16-,22+/m1/s1. The third kappa shape index (κ3) is 4.10. The number of benzene rings is 1. The van der Waals surface area contributed by atoms with Crippen molar-refractivity contribution >= 4 is 28.8 Å². The first-order chi connectivity index (χ1) is 15.4. The molecule has 1 aliphatic heterocycles. The van der Waals surface area contributed by atoms with Crippen LogP contribution in [-0.4, -0.2) is 23.3 Å². The highest BCUT2D eigenvalue weighted by molar-refractivity contribution is 7.10. The van der Waals surface area contributed by atoms with Crippen LogP contribution >= 0.6 is 11.3 Å². The van der Waals surface area contributed by atoms with E-state index in [4.69, 9.17) is 4.74 Å². The van der Waals surface area contributed by atoms with Crippen molar-refractivity contribution in [3.8, 4) is 0 Å². The molecule has 32 heavy (non-hydrogen) atoms. The third-order valence-corrected chi connectivity index (χ3v) is 6.88. The summed E-state index contributed by atoms with van der Waals surface area (Å²) in [6.07, 6.45) is 1.65. The number of nitrogens with one attached hydrogen (secondary N) is 1. The predicted octanol–water partition coefficient (Wildman–Crippen LogP) is 4.97. The first-order valence-corrected chi connectivity index (χ1v) is 11.5. The van der Waals surface area contributed by atoms with Crippen molar-refractivity contribution < 1.29 is 19.2 Å². The summed E-state index contributed by atoms with van der Waals surface area (Å²) in [5.41, 5.74) is 2.69. The van der Waals surface area contributed by atoms with Gasteiger partial charge in [0.25, 0.3) is 5.69 Å². The third-order valence-electron chi connectivity index (χ3n) is 5.84. The zero-order valence-electron chi connectivity index (χ0n) is 17.9. The van der Waals surface area contributed by atoms with Crippen molar-refractivity contribution in [3.63, 3.8) is 0 Å². The second kappa shape index (κ2) is 9.08. The zero-order valence-corrected chi connectivity index (χ0v) is 18.7. The summed E-state index contributed by atoms with van der Waals surface area (Å²) in [4.78, 5) is 38.5. The molecule has 2 atom stereocenters. The van der Waals surface area contributed by atoms with Gasteiger partial charge in [0.15, 0.2) is 5.78 Å². The molecule has 0 spiro atoms. The maximum atomic E-state index is 13.4. The number of non-ortho nitro benzene ring substituents is 1. The van der Waals surface area contributed by atoms with Crippen LogP contribution in [-0.2, 0) is 14.3 Å². The SMILES string of the molecule is CCCOC(=O)C1=C(C)NC2=C(C(=O)C[C@H](c3cccs3)C2)[C@H]1c1cccc([N+](=O)[O-])c1. The van der Waals surface area contributed by atoms with Crippen LogP contribution in [0.3, 0.4) is 0 Å². The fourth-order valence-corrected chi connectivity index (χ4v) is 5.29. The van der Waals surface area contributed by atoms with Crippen molar-refractivity contribution in [1.82, 2.24) is 5.32 Å². The number of Topliss-reactive ketones (excluding diaryl/α,β-unsaturated/α-hetero) is 1. The number of dihydropyridines is 1. The Morgan fingerprint density at radius 3 is 2.78 bits per heavy atom. The van der Waals surface area contributed by atoms with E-state index in [1.54, 1.807) is 30.4 Å². The molecule has 1 aromatic heterocycles. The number of nitro benzene ring substituents is 1. The van der Waals surface area contributed by atoms with E-state index >= 15 is 0 Å². The highest BCUT2D eigenvalue weighted by atomic mass is 32.1. The average molecular weight is 453 g/mol. The van der Waals surface area contributed by atoms with Crippen LogP contribution in [0.15, 0.2) is 64.3 Å². The lowest BCUT2D eigenvalue weighted by Crippen LogP contribution is -2.36. The van der Waals surface area contributed by atoms with Crippen molar-refractivity contribution in [3.05, 3.63) is 84.9 Å². The van der Waals surface area contributed by atoms with Gasteiger partial charge in [-0.05, 0) is 36.8 Å². The van der Waals surface area contributed by atoms with E-state index in [0.717, 1.165) is 10.6 Å². The summed E-state index contributed by atoms with van der Waals surface area (Å²) in [5, 5.41) is 16.7. The second-order valence-electron chi connectivity index (χ2n) is 8.02.